The fraction of sp³-hybridized carbons (Fsp3) is 0.806. The Morgan fingerprint density at radius 1 is 1.03 bits per heavy atom. The molecule has 0 aromatic carbocycles. The van der Waals surface area contributed by atoms with Gasteiger partial charge in [-0.3, -0.25) is 4.79 Å². The number of aliphatic hydroxyl groups excluding tert-OH is 2. The largest absolute Gasteiger partial charge is 0.478 e. The Hall–Kier alpha value is -1.66. The van der Waals surface area contributed by atoms with Crippen molar-refractivity contribution < 1.29 is 29.6 Å². The molecule has 0 aromatic rings. The Morgan fingerprint density at radius 3 is 2.30 bits per heavy atom. The molecular weight excluding hydrogens is 468 g/mol. The van der Waals surface area contributed by atoms with E-state index in [2.05, 4.69) is 27.7 Å². The van der Waals surface area contributed by atoms with E-state index in [1.54, 1.807) is 0 Å². The van der Waals surface area contributed by atoms with Crippen LogP contribution < -0.4 is 0 Å². The first kappa shape index (κ1) is 28.4. The lowest BCUT2D eigenvalue weighted by atomic mass is 9.36. The molecule has 4 rings (SSSR count). The lowest BCUT2D eigenvalue weighted by molar-refractivity contribution is -0.234. The molecule has 4 aliphatic rings. The molecule has 4 fully saturated rings. The van der Waals surface area contributed by atoms with Gasteiger partial charge in [-0.1, -0.05) is 39.3 Å². The van der Waals surface area contributed by atoms with Crippen molar-refractivity contribution in [3.63, 3.8) is 0 Å². The molecule has 4 aliphatic carbocycles. The fourth-order valence-corrected chi connectivity index (χ4v) is 9.79. The summed E-state index contributed by atoms with van der Waals surface area (Å²) in [6.07, 6.45) is 6.22. The van der Waals surface area contributed by atoms with Crippen molar-refractivity contribution in [3.8, 4) is 0 Å². The van der Waals surface area contributed by atoms with Crippen LogP contribution in [0.15, 0.2) is 22.8 Å². The highest BCUT2D eigenvalue weighted by Crippen LogP contribution is 2.74. The summed E-state index contributed by atoms with van der Waals surface area (Å²) in [6.45, 7) is 14.5. The summed E-state index contributed by atoms with van der Waals surface area (Å²) in [6, 6.07) is 0. The summed E-state index contributed by atoms with van der Waals surface area (Å²) in [5.74, 6) is -0.909. The number of carbonyl (C=O) groups excluding carboxylic acids is 1. The number of aliphatic carboxylic acids is 1. The molecular formula is C31H48O6. The number of rotatable bonds is 5. The van der Waals surface area contributed by atoms with E-state index in [0.717, 1.165) is 36.8 Å². The van der Waals surface area contributed by atoms with Crippen molar-refractivity contribution in [1.82, 2.24) is 0 Å². The van der Waals surface area contributed by atoms with Crippen LogP contribution in [0.3, 0.4) is 0 Å². The van der Waals surface area contributed by atoms with Gasteiger partial charge in [-0.25, -0.2) is 4.79 Å². The van der Waals surface area contributed by atoms with E-state index in [9.17, 15) is 24.9 Å². The monoisotopic (exact) mass is 516 g/mol. The summed E-state index contributed by atoms with van der Waals surface area (Å²) in [7, 11) is 0. The lowest BCUT2D eigenvalue weighted by Crippen LogP contribution is -2.65. The molecule has 0 heterocycles. The SMILES string of the molecule is CC(=O)OC1C[C@@]2(C)[C@@H](C[C@@H](O)C3[C@]2(C)CC[C@H]2[C@H](C)[C@H](O)CC[C@]32C)/C1=C(\CCC=C(C)C)C(=O)O. The summed E-state index contributed by atoms with van der Waals surface area (Å²) >= 11 is 0. The second-order valence-corrected chi connectivity index (χ2v) is 13.6. The summed E-state index contributed by atoms with van der Waals surface area (Å²) in [5, 5.41) is 32.9. The van der Waals surface area contributed by atoms with Crippen LogP contribution in [0.1, 0.15) is 99.8 Å². The summed E-state index contributed by atoms with van der Waals surface area (Å²) in [4.78, 5) is 24.8. The Bertz CT molecular complexity index is 994. The number of fused-ring (bicyclic) bond motifs is 5. The zero-order valence-corrected chi connectivity index (χ0v) is 23.8. The molecule has 208 valence electrons. The van der Waals surface area contributed by atoms with E-state index in [1.165, 1.54) is 6.92 Å². The number of hydrogen-bond donors (Lipinski definition) is 3. The van der Waals surface area contributed by atoms with Gasteiger partial charge >= 0.3 is 11.9 Å². The van der Waals surface area contributed by atoms with Crippen molar-refractivity contribution in [1.29, 1.82) is 0 Å². The second kappa shape index (κ2) is 9.82. The molecule has 0 saturated heterocycles. The molecule has 0 amide bonds. The number of carbonyl (C=O) groups is 2. The van der Waals surface area contributed by atoms with Gasteiger partial charge in [0.1, 0.15) is 6.10 Å². The number of aliphatic hydroxyl groups is 2. The molecule has 0 aromatic heterocycles. The molecule has 10 atom stereocenters. The number of allylic oxidation sites excluding steroid dienone is 2. The van der Waals surface area contributed by atoms with Crippen LogP contribution in [0.25, 0.3) is 0 Å². The molecule has 2 unspecified atom stereocenters. The van der Waals surface area contributed by atoms with Gasteiger partial charge in [-0.05, 0) is 111 Å². The third-order valence-corrected chi connectivity index (χ3v) is 11.6. The van der Waals surface area contributed by atoms with E-state index in [0.29, 0.717) is 37.2 Å². The number of carboxylic acid groups (broad SMARTS) is 1. The van der Waals surface area contributed by atoms with Crippen molar-refractivity contribution in [2.24, 2.45) is 39.9 Å². The third-order valence-electron chi connectivity index (χ3n) is 11.6. The van der Waals surface area contributed by atoms with Crippen molar-refractivity contribution in [2.45, 2.75) is 118 Å². The number of esters is 1. The molecule has 0 aliphatic heterocycles. The van der Waals surface area contributed by atoms with Gasteiger partial charge < -0.3 is 20.1 Å². The molecule has 6 nitrogen and oxygen atoms in total. The topological polar surface area (TPSA) is 104 Å². The quantitative estimate of drug-likeness (QED) is 0.247. The van der Waals surface area contributed by atoms with Crippen LogP contribution in [-0.2, 0) is 14.3 Å². The van der Waals surface area contributed by atoms with Crippen LogP contribution in [0, 0.1) is 39.9 Å². The van der Waals surface area contributed by atoms with Gasteiger partial charge in [0.15, 0.2) is 0 Å². The highest BCUT2D eigenvalue weighted by Gasteiger charge is 2.70. The Labute approximate surface area is 222 Å². The Kier molecular flexibility index (Phi) is 7.53. The Balaban J connectivity index is 1.82. The maximum Gasteiger partial charge on any atom is 0.331 e. The van der Waals surface area contributed by atoms with E-state index in [-0.39, 0.29) is 40.1 Å². The fourth-order valence-electron chi connectivity index (χ4n) is 9.79. The molecule has 6 heteroatoms. The number of hydrogen-bond acceptors (Lipinski definition) is 5. The highest BCUT2D eigenvalue weighted by atomic mass is 16.5. The van der Waals surface area contributed by atoms with E-state index in [1.807, 2.05) is 19.9 Å². The minimum absolute atomic E-state index is 0.0474. The maximum atomic E-state index is 12.6. The van der Waals surface area contributed by atoms with Gasteiger partial charge in [0.05, 0.1) is 12.2 Å². The van der Waals surface area contributed by atoms with Crippen molar-refractivity contribution in [2.75, 3.05) is 0 Å². The third kappa shape index (κ3) is 4.40. The molecule has 0 radical (unpaired) electrons. The first-order valence-electron chi connectivity index (χ1n) is 14.3. The van der Waals surface area contributed by atoms with Gasteiger partial charge in [-0.2, -0.15) is 0 Å². The Morgan fingerprint density at radius 2 is 1.70 bits per heavy atom. The first-order valence-corrected chi connectivity index (χ1v) is 14.3. The number of ether oxygens (including phenoxy) is 1. The molecule has 3 N–H and O–H groups in total. The minimum atomic E-state index is -0.953. The predicted molar refractivity (Wildman–Crippen MR) is 143 cm³/mol. The van der Waals surface area contributed by atoms with Gasteiger partial charge in [0, 0.05) is 12.5 Å². The normalized spacial score (nSPS) is 46.2. The summed E-state index contributed by atoms with van der Waals surface area (Å²) in [5.41, 5.74) is 1.57. The minimum Gasteiger partial charge on any atom is -0.478 e. The molecule has 37 heavy (non-hydrogen) atoms. The van der Waals surface area contributed by atoms with Gasteiger partial charge in [0.2, 0.25) is 0 Å². The van der Waals surface area contributed by atoms with Crippen LogP contribution in [0.5, 0.6) is 0 Å². The molecule has 0 bridgehead atoms. The summed E-state index contributed by atoms with van der Waals surface area (Å²) < 4.78 is 5.87. The zero-order valence-electron chi connectivity index (χ0n) is 23.8. The molecule has 4 saturated carbocycles. The smallest absolute Gasteiger partial charge is 0.331 e. The van der Waals surface area contributed by atoms with Gasteiger partial charge in [-0.15, -0.1) is 0 Å². The van der Waals surface area contributed by atoms with Crippen LogP contribution in [-0.4, -0.2) is 45.6 Å². The standard InChI is InChI=1S/C31H48O6/c1-17(2)9-8-10-20(28(35)36)26-22-15-24(34)27-29(5)13-12-23(33)18(3)21(29)11-14-30(27,6)31(22,7)16-25(26)37-19(4)32/h9,18,21-25,27,33-34H,8,10-16H2,1-7H3,(H,35,36)/b26-20-/t18-,21-,22-,23+,24+,25?,27?,29-,30-,31-/m0/s1. The average Bonchev–Trinajstić information content (AvgIpc) is 3.05. The van der Waals surface area contributed by atoms with E-state index in [4.69, 9.17) is 4.74 Å². The van der Waals surface area contributed by atoms with Crippen molar-refractivity contribution >= 4 is 11.9 Å². The maximum absolute atomic E-state index is 12.6. The zero-order chi connectivity index (χ0) is 27.5. The lowest BCUT2D eigenvalue weighted by Gasteiger charge is -2.69. The van der Waals surface area contributed by atoms with Gasteiger partial charge in [0.25, 0.3) is 0 Å². The number of carboxylic acids is 1. The van der Waals surface area contributed by atoms with E-state index < -0.39 is 24.1 Å². The second-order valence-electron chi connectivity index (χ2n) is 13.6. The van der Waals surface area contributed by atoms with Crippen LogP contribution in [0.4, 0.5) is 0 Å². The highest BCUT2D eigenvalue weighted by molar-refractivity contribution is 5.88. The van der Waals surface area contributed by atoms with Crippen LogP contribution >= 0.6 is 0 Å². The molecule has 0 spiro atoms. The first-order chi connectivity index (χ1) is 17.2. The predicted octanol–water partition coefficient (Wildman–Crippen LogP) is 5.67. The van der Waals surface area contributed by atoms with Crippen molar-refractivity contribution in [3.05, 3.63) is 22.8 Å². The van der Waals surface area contributed by atoms with Crippen LogP contribution in [0.2, 0.25) is 0 Å². The average molecular weight is 517 g/mol. The van der Waals surface area contributed by atoms with E-state index >= 15 is 0 Å².